The standard InChI is InChI=1S/C22H22N4O5S/c1-14-6-4-7-19(15(14)2)21(28)31-16(3)20(27)25-17-8-10-18(11-9-17)32(29,30)26-22-23-12-5-13-24-22/h4-13,16H,1-3H3,(H,25,27)(H,23,24,26)/t16-/m0/s1. The molecule has 32 heavy (non-hydrogen) atoms. The predicted molar refractivity (Wildman–Crippen MR) is 119 cm³/mol. The fraction of sp³-hybridized carbons (Fsp3) is 0.182. The summed E-state index contributed by atoms with van der Waals surface area (Å²) in [6.07, 6.45) is 1.78. The van der Waals surface area contributed by atoms with Gasteiger partial charge in [0.05, 0.1) is 10.5 Å². The van der Waals surface area contributed by atoms with Gasteiger partial charge in [-0.3, -0.25) is 4.79 Å². The summed E-state index contributed by atoms with van der Waals surface area (Å²) in [7, 11) is -3.89. The van der Waals surface area contributed by atoms with E-state index in [0.29, 0.717) is 11.3 Å². The molecule has 0 aliphatic heterocycles. The number of aromatic nitrogens is 2. The highest BCUT2D eigenvalue weighted by molar-refractivity contribution is 7.92. The number of carbonyl (C=O) groups excluding carboxylic acids is 2. The van der Waals surface area contributed by atoms with E-state index < -0.39 is 28.0 Å². The van der Waals surface area contributed by atoms with Gasteiger partial charge in [-0.15, -0.1) is 0 Å². The fourth-order valence-corrected chi connectivity index (χ4v) is 3.70. The van der Waals surface area contributed by atoms with E-state index in [1.807, 2.05) is 19.9 Å². The molecule has 3 rings (SSSR count). The Morgan fingerprint density at radius 2 is 1.62 bits per heavy atom. The number of benzene rings is 2. The molecule has 0 saturated carbocycles. The first-order chi connectivity index (χ1) is 15.2. The maximum absolute atomic E-state index is 12.4. The number of hydrogen-bond donors (Lipinski definition) is 2. The van der Waals surface area contributed by atoms with Crippen molar-refractivity contribution in [2.75, 3.05) is 10.0 Å². The summed E-state index contributed by atoms with van der Waals surface area (Å²) in [5.74, 6) is -1.19. The molecule has 1 amide bonds. The Bertz CT molecular complexity index is 1230. The molecule has 166 valence electrons. The number of esters is 1. The number of amides is 1. The highest BCUT2D eigenvalue weighted by Crippen LogP contribution is 2.18. The second kappa shape index (κ2) is 9.56. The molecule has 2 aromatic carbocycles. The molecule has 9 nitrogen and oxygen atoms in total. The first-order valence-electron chi connectivity index (χ1n) is 9.65. The van der Waals surface area contributed by atoms with E-state index in [2.05, 4.69) is 20.0 Å². The van der Waals surface area contributed by atoms with Crippen LogP contribution in [0.15, 0.2) is 65.8 Å². The van der Waals surface area contributed by atoms with Crippen molar-refractivity contribution in [3.63, 3.8) is 0 Å². The lowest BCUT2D eigenvalue weighted by Crippen LogP contribution is -2.30. The highest BCUT2D eigenvalue weighted by Gasteiger charge is 2.21. The summed E-state index contributed by atoms with van der Waals surface area (Å²) < 4.78 is 32.4. The summed E-state index contributed by atoms with van der Waals surface area (Å²) >= 11 is 0. The zero-order valence-electron chi connectivity index (χ0n) is 17.7. The van der Waals surface area contributed by atoms with Crippen LogP contribution in [0.1, 0.15) is 28.4 Å². The van der Waals surface area contributed by atoms with Gasteiger partial charge in [0, 0.05) is 18.1 Å². The zero-order chi connectivity index (χ0) is 23.3. The van der Waals surface area contributed by atoms with Gasteiger partial charge in [0.15, 0.2) is 6.10 Å². The van der Waals surface area contributed by atoms with Crippen molar-refractivity contribution in [3.8, 4) is 0 Å². The van der Waals surface area contributed by atoms with Gasteiger partial charge < -0.3 is 10.1 Å². The van der Waals surface area contributed by atoms with E-state index in [-0.39, 0.29) is 10.8 Å². The SMILES string of the molecule is Cc1cccc(C(=O)O[C@@H](C)C(=O)Nc2ccc(S(=O)(=O)Nc3ncccn3)cc2)c1C. The number of aryl methyl sites for hydroxylation is 1. The van der Waals surface area contributed by atoms with Crippen LogP contribution in [0.5, 0.6) is 0 Å². The van der Waals surface area contributed by atoms with E-state index in [9.17, 15) is 18.0 Å². The van der Waals surface area contributed by atoms with Crippen molar-refractivity contribution in [2.24, 2.45) is 0 Å². The van der Waals surface area contributed by atoms with E-state index in [4.69, 9.17) is 4.74 Å². The molecule has 0 fully saturated rings. The summed E-state index contributed by atoms with van der Waals surface area (Å²) in [5.41, 5.74) is 2.48. The van der Waals surface area contributed by atoms with Crippen LogP contribution in [-0.4, -0.2) is 36.4 Å². The summed E-state index contributed by atoms with van der Waals surface area (Å²) in [5, 5.41) is 2.60. The summed E-state index contributed by atoms with van der Waals surface area (Å²) in [4.78, 5) is 32.4. The lowest BCUT2D eigenvalue weighted by Gasteiger charge is -2.15. The van der Waals surface area contributed by atoms with Crippen LogP contribution in [0, 0.1) is 13.8 Å². The first kappa shape index (κ1) is 22.9. The van der Waals surface area contributed by atoms with E-state index in [1.54, 1.807) is 18.2 Å². The van der Waals surface area contributed by atoms with E-state index in [0.717, 1.165) is 11.1 Å². The van der Waals surface area contributed by atoms with Crippen molar-refractivity contribution in [1.29, 1.82) is 0 Å². The molecule has 0 bridgehead atoms. The Hall–Kier alpha value is -3.79. The molecule has 0 unspecified atom stereocenters. The van der Waals surface area contributed by atoms with Gasteiger partial charge in [0.25, 0.3) is 15.9 Å². The molecule has 0 aliphatic rings. The summed E-state index contributed by atoms with van der Waals surface area (Å²) in [6.45, 7) is 5.15. The Kier molecular flexibility index (Phi) is 6.84. The average Bonchev–Trinajstić information content (AvgIpc) is 2.76. The first-order valence-corrected chi connectivity index (χ1v) is 11.1. The Balaban J connectivity index is 1.62. The molecular weight excluding hydrogens is 432 g/mol. The van der Waals surface area contributed by atoms with Crippen LogP contribution in [0.2, 0.25) is 0 Å². The number of rotatable bonds is 7. The molecular formula is C22H22N4O5S. The minimum atomic E-state index is -3.89. The largest absolute Gasteiger partial charge is 0.449 e. The molecule has 2 N–H and O–H groups in total. The van der Waals surface area contributed by atoms with Gasteiger partial charge in [-0.05, 0) is 68.3 Å². The maximum Gasteiger partial charge on any atom is 0.339 e. The monoisotopic (exact) mass is 454 g/mol. The molecule has 1 atom stereocenters. The quantitative estimate of drug-likeness (QED) is 0.525. The minimum Gasteiger partial charge on any atom is -0.449 e. The highest BCUT2D eigenvalue weighted by atomic mass is 32.2. The van der Waals surface area contributed by atoms with Gasteiger partial charge in [-0.2, -0.15) is 0 Å². The lowest BCUT2D eigenvalue weighted by molar-refractivity contribution is -0.123. The van der Waals surface area contributed by atoms with Crippen LogP contribution in [0.25, 0.3) is 0 Å². The number of nitrogens with zero attached hydrogens (tertiary/aromatic N) is 2. The van der Waals surface area contributed by atoms with Crippen molar-refractivity contribution in [2.45, 2.75) is 31.8 Å². The van der Waals surface area contributed by atoms with Crippen LogP contribution >= 0.6 is 0 Å². The maximum atomic E-state index is 12.4. The second-order valence-electron chi connectivity index (χ2n) is 6.99. The third-order valence-corrected chi connectivity index (χ3v) is 6.05. The van der Waals surface area contributed by atoms with E-state index in [1.165, 1.54) is 43.6 Å². The van der Waals surface area contributed by atoms with Crippen molar-refractivity contribution >= 4 is 33.5 Å². The lowest BCUT2D eigenvalue weighted by atomic mass is 10.0. The van der Waals surface area contributed by atoms with Gasteiger partial charge in [-0.1, -0.05) is 12.1 Å². The molecule has 10 heteroatoms. The number of carbonyl (C=O) groups is 2. The van der Waals surface area contributed by atoms with Gasteiger partial charge >= 0.3 is 5.97 Å². The topological polar surface area (TPSA) is 127 Å². The van der Waals surface area contributed by atoms with Crippen molar-refractivity contribution < 1.29 is 22.7 Å². The average molecular weight is 455 g/mol. The normalized spacial score (nSPS) is 12.0. The third-order valence-electron chi connectivity index (χ3n) is 4.70. The molecule has 3 aromatic rings. The van der Waals surface area contributed by atoms with Crippen LogP contribution in [-0.2, 0) is 19.6 Å². The predicted octanol–water partition coefficient (Wildman–Crippen LogP) is 3.08. The third kappa shape index (κ3) is 5.46. The zero-order valence-corrected chi connectivity index (χ0v) is 18.5. The number of ether oxygens (including phenoxy) is 1. The Morgan fingerprint density at radius 3 is 2.28 bits per heavy atom. The smallest absolute Gasteiger partial charge is 0.339 e. The van der Waals surface area contributed by atoms with E-state index >= 15 is 0 Å². The number of sulfonamides is 1. The molecule has 0 radical (unpaired) electrons. The van der Waals surface area contributed by atoms with Crippen molar-refractivity contribution in [3.05, 3.63) is 77.6 Å². The minimum absolute atomic E-state index is 0.0302. The molecule has 1 heterocycles. The van der Waals surface area contributed by atoms with Crippen molar-refractivity contribution in [1.82, 2.24) is 9.97 Å². The Labute approximate surface area is 185 Å². The number of anilines is 2. The molecule has 0 spiro atoms. The van der Waals surface area contributed by atoms with Gasteiger partial charge in [0.1, 0.15) is 0 Å². The molecule has 0 aliphatic carbocycles. The summed E-state index contributed by atoms with van der Waals surface area (Å²) in [6, 6.07) is 12.3. The number of hydrogen-bond acceptors (Lipinski definition) is 7. The van der Waals surface area contributed by atoms with Gasteiger partial charge in [0.2, 0.25) is 5.95 Å². The Morgan fingerprint density at radius 1 is 0.969 bits per heavy atom. The van der Waals surface area contributed by atoms with Crippen LogP contribution in [0.4, 0.5) is 11.6 Å². The molecule has 1 aromatic heterocycles. The second-order valence-corrected chi connectivity index (χ2v) is 8.67. The van der Waals surface area contributed by atoms with Crippen LogP contribution < -0.4 is 10.0 Å². The van der Waals surface area contributed by atoms with Crippen LogP contribution in [0.3, 0.4) is 0 Å². The number of nitrogens with one attached hydrogen (secondary N) is 2. The molecule has 0 saturated heterocycles. The van der Waals surface area contributed by atoms with Gasteiger partial charge in [-0.25, -0.2) is 27.9 Å². The fourth-order valence-electron chi connectivity index (χ4n) is 2.74.